The molecule has 0 N–H and O–H groups in total. The molecule has 0 aromatic rings. The number of carbonyl (C=O) groups excluding carboxylic acids is 2. The van der Waals surface area contributed by atoms with Crippen molar-refractivity contribution >= 4 is 11.8 Å². The van der Waals surface area contributed by atoms with Crippen LogP contribution in [0.3, 0.4) is 0 Å². The van der Waals surface area contributed by atoms with Gasteiger partial charge in [0.05, 0.1) is 0 Å². The predicted octanol–water partition coefficient (Wildman–Crippen LogP) is 4.06. The summed E-state index contributed by atoms with van der Waals surface area (Å²) < 4.78 is 5.69. The summed E-state index contributed by atoms with van der Waals surface area (Å²) in [6.45, 7) is 3.91. The van der Waals surface area contributed by atoms with Crippen molar-refractivity contribution in [1.29, 1.82) is 0 Å². The quantitative estimate of drug-likeness (QED) is 0.685. The summed E-state index contributed by atoms with van der Waals surface area (Å²) in [7, 11) is 0. The highest BCUT2D eigenvalue weighted by Gasteiger charge is 2.57. The van der Waals surface area contributed by atoms with E-state index in [1.54, 1.807) is 6.92 Å². The van der Waals surface area contributed by atoms with Crippen LogP contribution < -0.4 is 0 Å². The summed E-state index contributed by atoms with van der Waals surface area (Å²) in [6.07, 6.45) is 10.9. The highest BCUT2D eigenvalue weighted by atomic mass is 16.5. The standard InChI is InChI=1S/C20H28O3/c1-12(21)23-19-8-7-18-17-5-3-13-11-14(22)4-6-15(13)16(17)9-10-20(18,19)2/h11,15-19H,3-10H2,1-2H3/t15-,16+,17+,18-,19?,20-/m0/s1. The molecular formula is C20H28O3. The molecular weight excluding hydrogens is 288 g/mol. The number of carbonyl (C=O) groups is 2. The van der Waals surface area contributed by atoms with Crippen molar-refractivity contribution in [3.05, 3.63) is 11.6 Å². The molecule has 0 saturated heterocycles. The van der Waals surface area contributed by atoms with E-state index in [0.717, 1.165) is 37.5 Å². The van der Waals surface area contributed by atoms with Crippen molar-refractivity contribution in [3.8, 4) is 0 Å². The van der Waals surface area contributed by atoms with Gasteiger partial charge >= 0.3 is 5.97 Å². The lowest BCUT2D eigenvalue weighted by Crippen LogP contribution is -2.48. The summed E-state index contributed by atoms with van der Waals surface area (Å²) in [5.41, 5.74) is 1.62. The molecule has 4 aliphatic carbocycles. The summed E-state index contributed by atoms with van der Waals surface area (Å²) in [5.74, 6) is 3.10. The molecule has 0 aliphatic heterocycles. The third kappa shape index (κ3) is 2.38. The van der Waals surface area contributed by atoms with Gasteiger partial charge in [-0.25, -0.2) is 0 Å². The molecule has 126 valence electrons. The average Bonchev–Trinajstić information content (AvgIpc) is 2.83. The number of hydrogen-bond donors (Lipinski definition) is 0. The van der Waals surface area contributed by atoms with Crippen molar-refractivity contribution in [2.75, 3.05) is 0 Å². The number of allylic oxidation sites excluding steroid dienone is 1. The van der Waals surface area contributed by atoms with E-state index in [1.165, 1.54) is 31.3 Å². The lowest BCUT2D eigenvalue weighted by molar-refractivity contribution is -0.156. The Labute approximate surface area is 138 Å². The third-order valence-corrected chi connectivity index (χ3v) is 7.52. The normalized spacial score (nSPS) is 45.6. The molecule has 3 nitrogen and oxygen atoms in total. The first kappa shape index (κ1) is 15.4. The molecule has 6 atom stereocenters. The number of fused-ring (bicyclic) bond motifs is 5. The molecule has 0 heterocycles. The molecule has 0 aromatic carbocycles. The van der Waals surface area contributed by atoms with E-state index < -0.39 is 0 Å². The van der Waals surface area contributed by atoms with Gasteiger partial charge in [0.2, 0.25) is 0 Å². The minimum absolute atomic E-state index is 0.121. The second-order valence-corrected chi connectivity index (χ2v) is 8.52. The molecule has 23 heavy (non-hydrogen) atoms. The van der Waals surface area contributed by atoms with Crippen LogP contribution in [0.5, 0.6) is 0 Å². The van der Waals surface area contributed by atoms with E-state index in [0.29, 0.717) is 17.6 Å². The molecule has 3 saturated carbocycles. The van der Waals surface area contributed by atoms with Crippen molar-refractivity contribution < 1.29 is 14.3 Å². The van der Waals surface area contributed by atoms with Crippen LogP contribution in [0, 0.1) is 29.1 Å². The zero-order valence-corrected chi connectivity index (χ0v) is 14.3. The molecule has 0 amide bonds. The Morgan fingerprint density at radius 2 is 1.96 bits per heavy atom. The lowest BCUT2D eigenvalue weighted by Gasteiger charge is -2.53. The number of hydrogen-bond acceptors (Lipinski definition) is 3. The van der Waals surface area contributed by atoms with Gasteiger partial charge in [-0.05, 0) is 74.7 Å². The van der Waals surface area contributed by atoms with Crippen molar-refractivity contribution in [3.63, 3.8) is 0 Å². The molecule has 4 aliphatic rings. The number of ketones is 1. The maximum atomic E-state index is 11.7. The molecule has 4 rings (SSSR count). The van der Waals surface area contributed by atoms with Gasteiger partial charge < -0.3 is 4.74 Å². The Balaban J connectivity index is 1.57. The Morgan fingerprint density at radius 1 is 1.13 bits per heavy atom. The van der Waals surface area contributed by atoms with E-state index in [9.17, 15) is 9.59 Å². The van der Waals surface area contributed by atoms with Crippen molar-refractivity contribution in [1.82, 2.24) is 0 Å². The lowest BCUT2D eigenvalue weighted by atomic mass is 9.52. The second kappa shape index (κ2) is 5.46. The van der Waals surface area contributed by atoms with Crippen LogP contribution in [-0.2, 0) is 14.3 Å². The van der Waals surface area contributed by atoms with Gasteiger partial charge in [0, 0.05) is 18.8 Å². The fourth-order valence-corrected chi connectivity index (χ4v) is 6.53. The molecule has 0 aromatic heterocycles. The van der Waals surface area contributed by atoms with E-state index >= 15 is 0 Å². The number of rotatable bonds is 1. The van der Waals surface area contributed by atoms with E-state index in [4.69, 9.17) is 4.74 Å². The Morgan fingerprint density at radius 3 is 2.74 bits per heavy atom. The van der Waals surface area contributed by atoms with Gasteiger partial charge in [0.1, 0.15) is 6.10 Å². The van der Waals surface area contributed by atoms with Crippen molar-refractivity contribution in [2.45, 2.75) is 71.3 Å². The number of ether oxygens (including phenoxy) is 1. The Hall–Kier alpha value is -1.12. The van der Waals surface area contributed by atoms with E-state index in [1.807, 2.05) is 6.08 Å². The van der Waals surface area contributed by atoms with E-state index in [-0.39, 0.29) is 17.5 Å². The van der Waals surface area contributed by atoms with Gasteiger partial charge in [-0.2, -0.15) is 0 Å². The van der Waals surface area contributed by atoms with Crippen LogP contribution in [0.15, 0.2) is 11.6 Å². The molecule has 3 heteroatoms. The first-order chi connectivity index (χ1) is 11.0. The zero-order chi connectivity index (χ0) is 16.2. The van der Waals surface area contributed by atoms with Crippen LogP contribution >= 0.6 is 0 Å². The fraction of sp³-hybridized carbons (Fsp3) is 0.800. The van der Waals surface area contributed by atoms with Crippen molar-refractivity contribution in [2.24, 2.45) is 29.1 Å². The van der Waals surface area contributed by atoms with Crippen LogP contribution in [0.1, 0.15) is 65.2 Å². The fourth-order valence-electron chi connectivity index (χ4n) is 6.53. The molecule has 0 bridgehead atoms. The highest BCUT2D eigenvalue weighted by molar-refractivity contribution is 5.91. The van der Waals surface area contributed by atoms with Gasteiger partial charge in [-0.1, -0.05) is 12.5 Å². The maximum Gasteiger partial charge on any atom is 0.302 e. The second-order valence-electron chi connectivity index (χ2n) is 8.52. The van der Waals surface area contributed by atoms with Gasteiger partial charge in [-0.3, -0.25) is 9.59 Å². The SMILES string of the molecule is CC(=O)OC1CC[C@H]2[C@@H]3CCC4=CC(=O)CC[C@@H]4[C@H]3CC[C@]12C. The predicted molar refractivity (Wildman–Crippen MR) is 87.6 cm³/mol. The van der Waals surface area contributed by atoms with Crippen LogP contribution in [-0.4, -0.2) is 17.9 Å². The monoisotopic (exact) mass is 316 g/mol. The number of esters is 1. The Kier molecular flexibility index (Phi) is 3.66. The molecule has 0 spiro atoms. The zero-order valence-electron chi connectivity index (χ0n) is 14.3. The average molecular weight is 316 g/mol. The molecule has 0 radical (unpaired) electrons. The van der Waals surface area contributed by atoms with Crippen LogP contribution in [0.4, 0.5) is 0 Å². The van der Waals surface area contributed by atoms with Gasteiger partial charge in [-0.15, -0.1) is 0 Å². The van der Waals surface area contributed by atoms with E-state index in [2.05, 4.69) is 6.92 Å². The third-order valence-electron chi connectivity index (χ3n) is 7.52. The van der Waals surface area contributed by atoms with Crippen LogP contribution in [0.2, 0.25) is 0 Å². The minimum atomic E-state index is -0.126. The highest BCUT2D eigenvalue weighted by Crippen LogP contribution is 2.62. The van der Waals surface area contributed by atoms with Gasteiger partial charge in [0.15, 0.2) is 5.78 Å². The summed E-state index contributed by atoms with van der Waals surface area (Å²) in [4.78, 5) is 23.2. The topological polar surface area (TPSA) is 43.4 Å². The summed E-state index contributed by atoms with van der Waals surface area (Å²) in [6, 6.07) is 0. The maximum absolute atomic E-state index is 11.7. The first-order valence-corrected chi connectivity index (χ1v) is 9.39. The Bertz CT molecular complexity index is 563. The van der Waals surface area contributed by atoms with Crippen LogP contribution in [0.25, 0.3) is 0 Å². The summed E-state index contributed by atoms with van der Waals surface area (Å²) in [5, 5.41) is 0. The minimum Gasteiger partial charge on any atom is -0.462 e. The van der Waals surface area contributed by atoms with Gasteiger partial charge in [0.25, 0.3) is 0 Å². The smallest absolute Gasteiger partial charge is 0.302 e. The first-order valence-electron chi connectivity index (χ1n) is 9.39. The largest absolute Gasteiger partial charge is 0.462 e. The molecule has 1 unspecified atom stereocenters. The molecule has 3 fully saturated rings. The summed E-state index contributed by atoms with van der Waals surface area (Å²) >= 11 is 0.